The Kier molecular flexibility index (Phi) is 4.04. The van der Waals surface area contributed by atoms with Crippen molar-refractivity contribution in [2.24, 2.45) is 0 Å². The van der Waals surface area contributed by atoms with Gasteiger partial charge >= 0.3 is 6.18 Å². The molecule has 0 bridgehead atoms. The van der Waals surface area contributed by atoms with Crippen LogP contribution < -0.4 is 15.6 Å². The number of nitrogens with zero attached hydrogens (tertiary/aromatic N) is 1. The van der Waals surface area contributed by atoms with Crippen LogP contribution >= 0.6 is 0 Å². The minimum atomic E-state index is -4.52. The monoisotopic (exact) mass is 338 g/mol. The molecule has 0 fully saturated rings. The predicted octanol–water partition coefficient (Wildman–Crippen LogP) is 2.53. The van der Waals surface area contributed by atoms with Gasteiger partial charge in [0.1, 0.15) is 30.5 Å². The molecular weight excluding hydrogens is 325 g/mol. The highest BCUT2D eigenvalue weighted by molar-refractivity contribution is 5.96. The van der Waals surface area contributed by atoms with Crippen molar-refractivity contribution in [2.45, 2.75) is 18.6 Å². The Bertz CT molecular complexity index is 830. The van der Waals surface area contributed by atoms with Crippen molar-refractivity contribution < 1.29 is 22.7 Å². The van der Waals surface area contributed by atoms with Gasteiger partial charge < -0.3 is 14.6 Å². The molecule has 2 aromatic rings. The Morgan fingerprint density at radius 1 is 1.25 bits per heavy atom. The molecule has 3 rings (SSSR count). The zero-order valence-electron chi connectivity index (χ0n) is 12.3. The van der Waals surface area contributed by atoms with Gasteiger partial charge in [-0.05, 0) is 18.2 Å². The van der Waals surface area contributed by atoms with Crippen molar-refractivity contribution in [1.82, 2.24) is 4.57 Å². The van der Waals surface area contributed by atoms with Crippen LogP contribution in [0, 0.1) is 0 Å². The van der Waals surface area contributed by atoms with Crippen molar-refractivity contribution in [3.05, 3.63) is 58.5 Å². The summed E-state index contributed by atoms with van der Waals surface area (Å²) < 4.78 is 43.3. The molecule has 24 heavy (non-hydrogen) atoms. The summed E-state index contributed by atoms with van der Waals surface area (Å²) in [6, 6.07) is 9.54. The SMILES string of the molecule is O=C(Nc1cccn(CC(F)(F)F)c1=O)C1COc2ccccc21. The molecule has 5 nitrogen and oxygen atoms in total. The summed E-state index contributed by atoms with van der Waals surface area (Å²) in [5.74, 6) is -0.529. The van der Waals surface area contributed by atoms with E-state index in [1.54, 1.807) is 24.3 Å². The molecule has 0 spiro atoms. The number of halogens is 3. The number of amides is 1. The first kappa shape index (κ1) is 16.1. The van der Waals surface area contributed by atoms with Gasteiger partial charge in [0, 0.05) is 11.8 Å². The fourth-order valence-electron chi connectivity index (χ4n) is 2.55. The summed E-state index contributed by atoms with van der Waals surface area (Å²) in [5.41, 5.74) is -0.423. The molecule has 1 unspecified atom stereocenters. The van der Waals surface area contributed by atoms with Gasteiger partial charge in [-0.25, -0.2) is 0 Å². The van der Waals surface area contributed by atoms with Gasteiger partial charge in [0.15, 0.2) is 0 Å². The molecule has 126 valence electrons. The predicted molar refractivity (Wildman–Crippen MR) is 80.1 cm³/mol. The van der Waals surface area contributed by atoms with Gasteiger partial charge in [-0.3, -0.25) is 9.59 Å². The zero-order valence-corrected chi connectivity index (χ0v) is 12.3. The number of rotatable bonds is 3. The van der Waals surface area contributed by atoms with Crippen LogP contribution in [0.15, 0.2) is 47.4 Å². The van der Waals surface area contributed by atoms with Gasteiger partial charge in [-0.1, -0.05) is 18.2 Å². The third kappa shape index (κ3) is 3.27. The molecule has 0 saturated heterocycles. The number of fused-ring (bicyclic) bond motifs is 1. The number of para-hydroxylation sites is 1. The minimum absolute atomic E-state index is 0.120. The van der Waals surface area contributed by atoms with Gasteiger partial charge in [0.25, 0.3) is 5.56 Å². The molecule has 1 N–H and O–H groups in total. The highest BCUT2D eigenvalue weighted by Crippen LogP contribution is 2.33. The van der Waals surface area contributed by atoms with Crippen molar-refractivity contribution in [3.8, 4) is 5.75 Å². The molecule has 0 radical (unpaired) electrons. The van der Waals surface area contributed by atoms with Crippen LogP contribution in [0.2, 0.25) is 0 Å². The molecule has 1 amide bonds. The van der Waals surface area contributed by atoms with Crippen molar-refractivity contribution in [2.75, 3.05) is 11.9 Å². The Labute approximate surface area is 134 Å². The Balaban J connectivity index is 1.81. The fourth-order valence-corrected chi connectivity index (χ4v) is 2.55. The third-order valence-electron chi connectivity index (χ3n) is 3.64. The van der Waals surface area contributed by atoms with Gasteiger partial charge in [0.2, 0.25) is 5.91 Å². The molecule has 1 aromatic heterocycles. The lowest BCUT2D eigenvalue weighted by atomic mass is 10.0. The maximum Gasteiger partial charge on any atom is 0.406 e. The van der Waals surface area contributed by atoms with E-state index in [4.69, 9.17) is 4.74 Å². The Hall–Kier alpha value is -2.77. The second kappa shape index (κ2) is 6.03. The Morgan fingerprint density at radius 3 is 2.75 bits per heavy atom. The van der Waals surface area contributed by atoms with Gasteiger partial charge in [-0.2, -0.15) is 13.2 Å². The highest BCUT2D eigenvalue weighted by atomic mass is 19.4. The van der Waals surface area contributed by atoms with Crippen LogP contribution in [-0.2, 0) is 11.3 Å². The molecule has 0 aliphatic carbocycles. The van der Waals surface area contributed by atoms with E-state index in [1.165, 1.54) is 12.1 Å². The van der Waals surface area contributed by atoms with E-state index in [9.17, 15) is 22.8 Å². The topological polar surface area (TPSA) is 60.3 Å². The molecule has 1 atom stereocenters. The van der Waals surface area contributed by atoms with Crippen LogP contribution in [0.25, 0.3) is 0 Å². The largest absolute Gasteiger partial charge is 0.492 e. The van der Waals surface area contributed by atoms with E-state index in [2.05, 4.69) is 5.32 Å². The number of benzene rings is 1. The summed E-state index contributed by atoms with van der Waals surface area (Å²) in [7, 11) is 0. The second-order valence-corrected chi connectivity index (χ2v) is 5.36. The summed E-state index contributed by atoms with van der Waals surface area (Å²) in [6.45, 7) is -1.29. The normalized spacial score (nSPS) is 16.4. The standard InChI is InChI=1S/C16H13F3N2O3/c17-16(18,19)9-21-7-3-5-12(15(21)23)20-14(22)11-8-24-13-6-2-1-4-10(11)13/h1-7,11H,8-9H2,(H,20,22). The number of nitrogens with one attached hydrogen (secondary N) is 1. The van der Waals surface area contributed by atoms with E-state index in [1.807, 2.05) is 0 Å². The van der Waals surface area contributed by atoms with Crippen LogP contribution in [0.1, 0.15) is 11.5 Å². The number of carbonyl (C=O) groups is 1. The van der Waals surface area contributed by atoms with E-state index in [-0.39, 0.29) is 12.3 Å². The molecule has 0 saturated carbocycles. The maximum absolute atomic E-state index is 12.5. The summed E-state index contributed by atoms with van der Waals surface area (Å²) in [6.07, 6.45) is -3.50. The van der Waals surface area contributed by atoms with E-state index >= 15 is 0 Å². The average molecular weight is 338 g/mol. The van der Waals surface area contributed by atoms with Crippen molar-refractivity contribution in [1.29, 1.82) is 0 Å². The van der Waals surface area contributed by atoms with Crippen LogP contribution in [-0.4, -0.2) is 23.3 Å². The number of hydrogen-bond donors (Lipinski definition) is 1. The summed E-state index contributed by atoms with van der Waals surface area (Å²) in [4.78, 5) is 24.4. The number of anilines is 1. The summed E-state index contributed by atoms with van der Waals surface area (Å²) >= 11 is 0. The maximum atomic E-state index is 12.5. The Morgan fingerprint density at radius 2 is 2.00 bits per heavy atom. The molecule has 1 aliphatic heterocycles. The molecule has 1 aromatic carbocycles. The fraction of sp³-hybridized carbons (Fsp3) is 0.250. The number of pyridine rings is 1. The third-order valence-corrected chi connectivity index (χ3v) is 3.64. The molecule has 1 aliphatic rings. The number of alkyl halides is 3. The van der Waals surface area contributed by atoms with Crippen LogP contribution in [0.3, 0.4) is 0 Å². The molecule has 2 heterocycles. The first-order chi connectivity index (χ1) is 11.3. The minimum Gasteiger partial charge on any atom is -0.492 e. The smallest absolute Gasteiger partial charge is 0.406 e. The quantitative estimate of drug-likeness (QED) is 0.936. The second-order valence-electron chi connectivity index (χ2n) is 5.36. The van der Waals surface area contributed by atoms with Crippen LogP contribution in [0.4, 0.5) is 18.9 Å². The lowest BCUT2D eigenvalue weighted by molar-refractivity contribution is -0.141. The van der Waals surface area contributed by atoms with E-state index in [0.717, 1.165) is 6.20 Å². The molecule has 8 heteroatoms. The van der Waals surface area contributed by atoms with Crippen molar-refractivity contribution >= 4 is 11.6 Å². The van der Waals surface area contributed by atoms with E-state index < -0.39 is 30.1 Å². The number of carbonyl (C=O) groups excluding carboxylic acids is 1. The van der Waals surface area contributed by atoms with E-state index in [0.29, 0.717) is 15.9 Å². The first-order valence-electron chi connectivity index (χ1n) is 7.14. The van der Waals surface area contributed by atoms with Crippen LogP contribution in [0.5, 0.6) is 5.75 Å². The van der Waals surface area contributed by atoms with Gasteiger partial charge in [-0.15, -0.1) is 0 Å². The average Bonchev–Trinajstić information content (AvgIpc) is 2.94. The lowest BCUT2D eigenvalue weighted by Gasteiger charge is -2.13. The highest BCUT2D eigenvalue weighted by Gasteiger charge is 2.31. The first-order valence-corrected chi connectivity index (χ1v) is 7.14. The number of aromatic nitrogens is 1. The lowest BCUT2D eigenvalue weighted by Crippen LogP contribution is -2.31. The molecular formula is C16H13F3N2O3. The zero-order chi connectivity index (χ0) is 17.3. The van der Waals surface area contributed by atoms with Gasteiger partial charge in [0.05, 0.1) is 0 Å². The van der Waals surface area contributed by atoms with Crippen molar-refractivity contribution in [3.63, 3.8) is 0 Å². The summed E-state index contributed by atoms with van der Waals surface area (Å²) in [5, 5.41) is 2.40. The number of hydrogen-bond acceptors (Lipinski definition) is 3. The number of ether oxygens (including phenoxy) is 1.